The molecule has 2 heterocycles. The van der Waals surface area contributed by atoms with E-state index in [1.807, 2.05) is 24.3 Å². The van der Waals surface area contributed by atoms with Crippen molar-refractivity contribution >= 4 is 82.5 Å². The molecule has 10 aromatic rings. The summed E-state index contributed by atoms with van der Waals surface area (Å²) < 4.78 is 12.4. The van der Waals surface area contributed by atoms with Gasteiger partial charge in [0.2, 0.25) is 0 Å². The van der Waals surface area contributed by atoms with Gasteiger partial charge in [0.1, 0.15) is 22.3 Å². The third-order valence-corrected chi connectivity index (χ3v) is 9.43. The minimum atomic E-state index is 0.892. The van der Waals surface area contributed by atoms with Crippen molar-refractivity contribution < 1.29 is 8.83 Å². The Balaban J connectivity index is 1.11. The van der Waals surface area contributed by atoms with Crippen molar-refractivity contribution in [3.8, 4) is 11.1 Å². The van der Waals surface area contributed by atoms with E-state index in [1.54, 1.807) is 0 Å². The van der Waals surface area contributed by atoms with Crippen LogP contribution in [0.2, 0.25) is 0 Å². The van der Waals surface area contributed by atoms with Gasteiger partial charge in [-0.15, -0.1) is 0 Å². The van der Waals surface area contributed by atoms with Gasteiger partial charge in [0.25, 0.3) is 0 Å². The van der Waals surface area contributed by atoms with Gasteiger partial charge in [-0.05, 0) is 94.0 Å². The Labute approximate surface area is 270 Å². The Morgan fingerprint density at radius 2 is 0.894 bits per heavy atom. The van der Waals surface area contributed by atoms with Crippen LogP contribution in [0.3, 0.4) is 0 Å². The molecule has 0 radical (unpaired) electrons. The first-order valence-electron chi connectivity index (χ1n) is 15.9. The number of anilines is 3. The van der Waals surface area contributed by atoms with Gasteiger partial charge in [0, 0.05) is 44.0 Å². The first kappa shape index (κ1) is 26.0. The van der Waals surface area contributed by atoms with Crippen molar-refractivity contribution in [2.24, 2.45) is 0 Å². The summed E-state index contributed by atoms with van der Waals surface area (Å²) in [4.78, 5) is 2.31. The summed E-state index contributed by atoms with van der Waals surface area (Å²) in [7, 11) is 0. The lowest BCUT2D eigenvalue weighted by Gasteiger charge is -2.25. The molecule has 8 aromatic carbocycles. The summed E-state index contributed by atoms with van der Waals surface area (Å²) in [6, 6.07) is 57.9. The molecule has 0 aliphatic carbocycles. The molecule has 2 aromatic heterocycles. The van der Waals surface area contributed by atoms with Gasteiger partial charge in [0.15, 0.2) is 0 Å². The quantitative estimate of drug-likeness (QED) is 0.188. The van der Waals surface area contributed by atoms with Gasteiger partial charge in [-0.25, -0.2) is 0 Å². The summed E-state index contributed by atoms with van der Waals surface area (Å²) in [5, 5.41) is 9.46. The topological polar surface area (TPSA) is 29.5 Å². The highest BCUT2D eigenvalue weighted by molar-refractivity contribution is 6.27. The molecule has 0 N–H and O–H groups in total. The molecule has 0 saturated heterocycles. The Kier molecular flexibility index (Phi) is 5.57. The molecule has 0 unspecified atom stereocenters. The van der Waals surface area contributed by atoms with Crippen LogP contribution < -0.4 is 4.90 Å². The van der Waals surface area contributed by atoms with Crippen LogP contribution in [-0.2, 0) is 0 Å². The maximum absolute atomic E-state index is 6.26. The van der Waals surface area contributed by atoms with Crippen molar-refractivity contribution in [3.05, 3.63) is 164 Å². The molecule has 0 spiro atoms. The Morgan fingerprint density at radius 3 is 1.74 bits per heavy atom. The molecule has 0 saturated carbocycles. The number of nitrogens with zero attached hydrogens (tertiary/aromatic N) is 1. The van der Waals surface area contributed by atoms with E-state index in [1.165, 1.54) is 38.1 Å². The van der Waals surface area contributed by atoms with Crippen LogP contribution in [0.5, 0.6) is 0 Å². The summed E-state index contributed by atoms with van der Waals surface area (Å²) in [6.07, 6.45) is 0. The van der Waals surface area contributed by atoms with Gasteiger partial charge < -0.3 is 13.7 Å². The lowest BCUT2D eigenvalue weighted by Crippen LogP contribution is -2.09. The van der Waals surface area contributed by atoms with Crippen LogP contribution in [-0.4, -0.2) is 0 Å². The van der Waals surface area contributed by atoms with Gasteiger partial charge in [-0.3, -0.25) is 0 Å². The lowest BCUT2D eigenvalue weighted by atomic mass is 9.94. The summed E-state index contributed by atoms with van der Waals surface area (Å²) in [5.41, 5.74) is 9.25. The predicted octanol–water partition coefficient (Wildman–Crippen LogP) is 12.9. The molecule has 220 valence electrons. The summed E-state index contributed by atoms with van der Waals surface area (Å²) in [5.74, 6) is 0. The molecule has 0 amide bonds. The minimum absolute atomic E-state index is 0.892. The third-order valence-electron chi connectivity index (χ3n) is 9.43. The Hall–Kier alpha value is -6.32. The molecule has 0 aliphatic rings. The maximum Gasteiger partial charge on any atom is 0.136 e. The zero-order valence-electron chi connectivity index (χ0n) is 25.4. The monoisotopic (exact) mass is 601 g/mol. The highest BCUT2D eigenvalue weighted by Gasteiger charge is 2.17. The fourth-order valence-electron chi connectivity index (χ4n) is 7.22. The fraction of sp³-hybridized carbons (Fsp3) is 0. The molecule has 0 bridgehead atoms. The highest BCUT2D eigenvalue weighted by Crippen LogP contribution is 2.41. The number of hydrogen-bond acceptors (Lipinski definition) is 3. The summed E-state index contributed by atoms with van der Waals surface area (Å²) in [6.45, 7) is 0. The van der Waals surface area contributed by atoms with E-state index in [0.717, 1.165) is 55.6 Å². The van der Waals surface area contributed by atoms with Crippen molar-refractivity contribution in [1.29, 1.82) is 0 Å². The molecule has 3 nitrogen and oxygen atoms in total. The molecular weight excluding hydrogens is 574 g/mol. The SMILES string of the molecule is c1ccc(N(c2ccc(-c3ccc4ccc5ccc6oc7ccccc7c6c5c4c3)cc2)c2ccc3oc4ccccc4c3c2)cc1. The van der Waals surface area contributed by atoms with Gasteiger partial charge >= 0.3 is 0 Å². The van der Waals surface area contributed by atoms with Crippen LogP contribution >= 0.6 is 0 Å². The molecule has 10 rings (SSSR count). The first-order chi connectivity index (χ1) is 23.3. The smallest absolute Gasteiger partial charge is 0.136 e. The zero-order valence-corrected chi connectivity index (χ0v) is 25.4. The van der Waals surface area contributed by atoms with Crippen molar-refractivity contribution in [2.75, 3.05) is 4.90 Å². The van der Waals surface area contributed by atoms with Crippen molar-refractivity contribution in [3.63, 3.8) is 0 Å². The summed E-state index contributed by atoms with van der Waals surface area (Å²) >= 11 is 0. The number of fused-ring (bicyclic) bond motifs is 10. The van der Waals surface area contributed by atoms with Crippen LogP contribution in [0.15, 0.2) is 173 Å². The van der Waals surface area contributed by atoms with Gasteiger partial charge in [0.05, 0.1) is 0 Å². The fourth-order valence-corrected chi connectivity index (χ4v) is 7.22. The van der Waals surface area contributed by atoms with Crippen molar-refractivity contribution in [1.82, 2.24) is 0 Å². The number of rotatable bonds is 4. The average Bonchev–Trinajstić information content (AvgIpc) is 3.70. The van der Waals surface area contributed by atoms with Crippen molar-refractivity contribution in [2.45, 2.75) is 0 Å². The molecule has 0 aliphatic heterocycles. The molecular formula is C44H27NO2. The van der Waals surface area contributed by atoms with E-state index in [0.29, 0.717) is 0 Å². The second kappa shape index (κ2) is 10.1. The largest absolute Gasteiger partial charge is 0.456 e. The van der Waals surface area contributed by atoms with Crippen LogP contribution in [0, 0.1) is 0 Å². The van der Waals surface area contributed by atoms with Crippen LogP contribution in [0.4, 0.5) is 17.1 Å². The standard InChI is InChI=1S/C44H27NO2/c1-2-8-32(9-3-1)45(34-23-25-41-38(27-34)35-10-4-6-12-39(35)46-41)33-21-18-28(19-22-33)31-17-15-29-14-16-30-20-24-42-44(43(30)37(29)26-31)36-11-5-7-13-40(36)47-42/h1-27H. The minimum Gasteiger partial charge on any atom is -0.456 e. The predicted molar refractivity (Wildman–Crippen MR) is 196 cm³/mol. The normalized spacial score (nSPS) is 11.8. The number of hydrogen-bond donors (Lipinski definition) is 0. The lowest BCUT2D eigenvalue weighted by molar-refractivity contribution is 0.668. The Morgan fingerprint density at radius 1 is 0.319 bits per heavy atom. The number of furan rings is 2. The van der Waals surface area contributed by atoms with E-state index in [9.17, 15) is 0 Å². The highest BCUT2D eigenvalue weighted by atomic mass is 16.3. The van der Waals surface area contributed by atoms with Crippen LogP contribution in [0.1, 0.15) is 0 Å². The molecule has 3 heteroatoms. The molecule has 0 atom stereocenters. The van der Waals surface area contributed by atoms with E-state index in [4.69, 9.17) is 8.83 Å². The second-order valence-electron chi connectivity index (χ2n) is 12.1. The first-order valence-corrected chi connectivity index (χ1v) is 15.9. The van der Waals surface area contributed by atoms with E-state index < -0.39 is 0 Å². The van der Waals surface area contributed by atoms with E-state index in [2.05, 4.69) is 144 Å². The average molecular weight is 602 g/mol. The molecule has 0 fully saturated rings. The van der Waals surface area contributed by atoms with Crippen LogP contribution in [0.25, 0.3) is 76.5 Å². The number of benzene rings is 8. The van der Waals surface area contributed by atoms with Gasteiger partial charge in [-0.1, -0.05) is 97.1 Å². The Bertz CT molecular complexity index is 2790. The third kappa shape index (κ3) is 4.07. The second-order valence-corrected chi connectivity index (χ2v) is 12.1. The van der Waals surface area contributed by atoms with E-state index in [-0.39, 0.29) is 0 Å². The zero-order chi connectivity index (χ0) is 30.9. The van der Waals surface area contributed by atoms with E-state index >= 15 is 0 Å². The molecule has 47 heavy (non-hydrogen) atoms. The number of para-hydroxylation sites is 3. The maximum atomic E-state index is 6.26. The van der Waals surface area contributed by atoms with Gasteiger partial charge in [-0.2, -0.15) is 0 Å².